The summed E-state index contributed by atoms with van der Waals surface area (Å²) in [4.78, 5) is 0. The van der Waals surface area contributed by atoms with E-state index >= 15 is 0 Å². The van der Waals surface area contributed by atoms with Crippen molar-refractivity contribution in [2.75, 3.05) is 5.75 Å². The average molecular weight is 215 g/mol. The van der Waals surface area contributed by atoms with E-state index in [0.717, 1.165) is 12.0 Å². The molecule has 1 aromatic heterocycles. The molecule has 0 spiro atoms. The molecule has 2 atom stereocenters. The van der Waals surface area contributed by atoms with Gasteiger partial charge in [-0.3, -0.25) is 0 Å². The smallest absolute Gasteiger partial charge is 0.0957 e. The third-order valence-electron chi connectivity index (χ3n) is 2.59. The van der Waals surface area contributed by atoms with Crippen LogP contribution < -0.4 is 0 Å². The first kappa shape index (κ1) is 9.49. The molecule has 0 aliphatic carbocycles. The first-order chi connectivity index (χ1) is 6.22. The van der Waals surface area contributed by atoms with E-state index in [1.165, 1.54) is 23.7 Å². The summed E-state index contributed by atoms with van der Waals surface area (Å²) in [5.74, 6) is 1.17. The molecule has 13 heavy (non-hydrogen) atoms. The summed E-state index contributed by atoms with van der Waals surface area (Å²) in [6.07, 6.45) is 3.75. The van der Waals surface area contributed by atoms with Gasteiger partial charge in [-0.15, -0.1) is 0 Å². The third-order valence-corrected chi connectivity index (χ3v) is 4.78. The highest BCUT2D eigenvalue weighted by molar-refractivity contribution is 8.00. The van der Waals surface area contributed by atoms with Crippen LogP contribution in [0.1, 0.15) is 31.4 Å². The Morgan fingerprint density at radius 1 is 1.69 bits per heavy atom. The average Bonchev–Trinajstić information content (AvgIpc) is 2.73. The Morgan fingerprint density at radius 2 is 2.54 bits per heavy atom. The van der Waals surface area contributed by atoms with Crippen LogP contribution >= 0.6 is 23.3 Å². The Bertz CT molecular complexity index is 267. The lowest BCUT2D eigenvalue weighted by atomic mass is 9.95. The van der Waals surface area contributed by atoms with Gasteiger partial charge in [-0.25, -0.2) is 4.37 Å². The zero-order valence-electron chi connectivity index (χ0n) is 7.56. The van der Waals surface area contributed by atoms with E-state index in [0.29, 0.717) is 0 Å². The summed E-state index contributed by atoms with van der Waals surface area (Å²) in [5, 5.41) is 12.1. The predicted molar refractivity (Wildman–Crippen MR) is 57.2 cm³/mol. The molecule has 2 nitrogen and oxygen atoms in total. The first-order valence-electron chi connectivity index (χ1n) is 4.44. The summed E-state index contributed by atoms with van der Waals surface area (Å²) in [7, 11) is 0. The summed E-state index contributed by atoms with van der Waals surface area (Å²) in [5.41, 5.74) is 0.974. The predicted octanol–water partition coefficient (Wildman–Crippen LogP) is 2.46. The Labute approximate surface area is 86.5 Å². The quantitative estimate of drug-likeness (QED) is 0.822. The van der Waals surface area contributed by atoms with Crippen molar-refractivity contribution in [3.8, 4) is 0 Å². The van der Waals surface area contributed by atoms with E-state index < -0.39 is 0 Å². The van der Waals surface area contributed by atoms with Crippen molar-refractivity contribution < 1.29 is 5.11 Å². The number of hydrogen-bond donors (Lipinski definition) is 1. The van der Waals surface area contributed by atoms with Crippen molar-refractivity contribution in [3.63, 3.8) is 0 Å². The lowest BCUT2D eigenvalue weighted by molar-refractivity contribution is 0.135. The van der Waals surface area contributed by atoms with Gasteiger partial charge in [0.15, 0.2) is 0 Å². The maximum atomic E-state index is 10.1. The lowest BCUT2D eigenvalue weighted by Crippen LogP contribution is -2.25. The topological polar surface area (TPSA) is 33.1 Å². The maximum absolute atomic E-state index is 10.1. The SMILES string of the molecule is CC1(C(O)c2cnsc2)CCCS1. The Morgan fingerprint density at radius 3 is 3.08 bits per heavy atom. The van der Waals surface area contributed by atoms with Gasteiger partial charge in [-0.2, -0.15) is 11.8 Å². The van der Waals surface area contributed by atoms with Gasteiger partial charge in [0.25, 0.3) is 0 Å². The zero-order chi connectivity index (χ0) is 9.31. The van der Waals surface area contributed by atoms with Gasteiger partial charge in [0, 0.05) is 21.9 Å². The second-order valence-corrected chi connectivity index (χ2v) is 5.91. The van der Waals surface area contributed by atoms with Gasteiger partial charge < -0.3 is 5.11 Å². The first-order valence-corrected chi connectivity index (χ1v) is 6.26. The minimum atomic E-state index is -0.348. The number of aromatic nitrogens is 1. The minimum absolute atomic E-state index is 0.0166. The molecule has 4 heteroatoms. The third kappa shape index (κ3) is 1.75. The summed E-state index contributed by atoms with van der Waals surface area (Å²) >= 11 is 3.28. The van der Waals surface area contributed by atoms with Crippen molar-refractivity contribution in [1.82, 2.24) is 4.37 Å². The van der Waals surface area contributed by atoms with Crippen molar-refractivity contribution in [1.29, 1.82) is 0 Å². The molecule has 1 N–H and O–H groups in total. The largest absolute Gasteiger partial charge is 0.387 e. The van der Waals surface area contributed by atoms with Crippen LogP contribution in [0.15, 0.2) is 11.6 Å². The van der Waals surface area contributed by atoms with Crippen LogP contribution in [0.5, 0.6) is 0 Å². The maximum Gasteiger partial charge on any atom is 0.0957 e. The van der Waals surface area contributed by atoms with Crippen molar-refractivity contribution in [2.45, 2.75) is 30.6 Å². The molecular weight excluding hydrogens is 202 g/mol. The molecule has 2 unspecified atom stereocenters. The molecule has 1 aliphatic heterocycles. The monoisotopic (exact) mass is 215 g/mol. The molecule has 0 saturated carbocycles. The normalized spacial score (nSPS) is 30.6. The molecular formula is C9H13NOS2. The van der Waals surface area contributed by atoms with Crippen molar-refractivity contribution in [2.24, 2.45) is 0 Å². The van der Waals surface area contributed by atoms with Crippen LogP contribution in [0, 0.1) is 0 Å². The van der Waals surface area contributed by atoms with Gasteiger partial charge >= 0.3 is 0 Å². The fourth-order valence-electron chi connectivity index (χ4n) is 1.72. The molecule has 0 amide bonds. The van der Waals surface area contributed by atoms with Gasteiger partial charge in [-0.1, -0.05) is 0 Å². The van der Waals surface area contributed by atoms with Crippen LogP contribution in [0.4, 0.5) is 0 Å². The fourth-order valence-corrected chi connectivity index (χ4v) is 3.61. The van der Waals surface area contributed by atoms with E-state index in [-0.39, 0.29) is 10.9 Å². The van der Waals surface area contributed by atoms with E-state index in [1.54, 1.807) is 6.20 Å². The molecule has 72 valence electrons. The van der Waals surface area contributed by atoms with E-state index in [9.17, 15) is 5.11 Å². The second-order valence-electron chi connectivity index (χ2n) is 3.62. The van der Waals surface area contributed by atoms with Crippen LogP contribution in [0.25, 0.3) is 0 Å². The minimum Gasteiger partial charge on any atom is -0.387 e. The molecule has 0 radical (unpaired) electrons. The Hall–Kier alpha value is -0.0600. The summed E-state index contributed by atoms with van der Waals surface area (Å²) in [6, 6.07) is 0. The highest BCUT2D eigenvalue weighted by Crippen LogP contribution is 2.46. The molecule has 1 aromatic rings. The van der Waals surface area contributed by atoms with E-state index in [1.807, 2.05) is 17.1 Å². The summed E-state index contributed by atoms with van der Waals surface area (Å²) < 4.78 is 4.03. The van der Waals surface area contributed by atoms with Gasteiger partial charge in [-0.05, 0) is 37.1 Å². The molecule has 1 aliphatic rings. The molecule has 1 saturated heterocycles. The van der Waals surface area contributed by atoms with Crippen LogP contribution in [0.2, 0.25) is 0 Å². The zero-order valence-corrected chi connectivity index (χ0v) is 9.20. The van der Waals surface area contributed by atoms with Crippen LogP contribution in [-0.4, -0.2) is 20.0 Å². The van der Waals surface area contributed by atoms with Gasteiger partial charge in [0.05, 0.1) is 6.10 Å². The molecule has 2 rings (SSSR count). The van der Waals surface area contributed by atoms with Crippen LogP contribution in [0.3, 0.4) is 0 Å². The van der Waals surface area contributed by atoms with E-state index in [4.69, 9.17) is 0 Å². The number of thioether (sulfide) groups is 1. The Balaban J connectivity index is 2.16. The Kier molecular flexibility index (Phi) is 2.62. The molecule has 0 bridgehead atoms. The number of aliphatic hydroxyl groups excluding tert-OH is 1. The number of hydrogen-bond acceptors (Lipinski definition) is 4. The summed E-state index contributed by atoms with van der Waals surface area (Å²) in [6.45, 7) is 2.15. The van der Waals surface area contributed by atoms with Crippen LogP contribution in [-0.2, 0) is 0 Å². The lowest BCUT2D eigenvalue weighted by Gasteiger charge is -2.28. The second kappa shape index (κ2) is 3.59. The molecule has 1 fully saturated rings. The standard InChI is InChI=1S/C9H13NOS2/c1-9(3-2-4-12-9)8(11)7-5-10-13-6-7/h5-6,8,11H,2-4H2,1H3. The van der Waals surface area contributed by atoms with E-state index in [2.05, 4.69) is 11.3 Å². The number of nitrogens with zero attached hydrogens (tertiary/aromatic N) is 1. The fraction of sp³-hybridized carbons (Fsp3) is 0.667. The van der Waals surface area contributed by atoms with Crippen molar-refractivity contribution in [3.05, 3.63) is 17.1 Å². The highest BCUT2D eigenvalue weighted by Gasteiger charge is 2.37. The van der Waals surface area contributed by atoms with Gasteiger partial charge in [0.2, 0.25) is 0 Å². The highest BCUT2D eigenvalue weighted by atomic mass is 32.2. The van der Waals surface area contributed by atoms with Crippen molar-refractivity contribution >= 4 is 23.3 Å². The number of aliphatic hydroxyl groups is 1. The number of rotatable bonds is 2. The van der Waals surface area contributed by atoms with Gasteiger partial charge in [0.1, 0.15) is 0 Å². The molecule has 2 heterocycles. The molecule has 0 aromatic carbocycles.